The number of aliphatic hydroxyl groups is 8. The average Bonchev–Trinajstić information content (AvgIpc) is 3.58. The van der Waals surface area contributed by atoms with E-state index in [0.29, 0.717) is 59.7 Å². The second-order valence-electron chi connectivity index (χ2n) is 19.4. The van der Waals surface area contributed by atoms with Crippen molar-refractivity contribution in [1.82, 2.24) is 0 Å². The Labute approximate surface area is 313 Å². The summed E-state index contributed by atoms with van der Waals surface area (Å²) in [6.45, 7) is 9.39. The van der Waals surface area contributed by atoms with Crippen LogP contribution in [0, 0.1) is 58.2 Å². The van der Waals surface area contributed by atoms with Crippen molar-refractivity contribution in [2.24, 2.45) is 58.2 Å². The topological polar surface area (TPSA) is 208 Å². The summed E-state index contributed by atoms with van der Waals surface area (Å²) < 4.78 is 30.1. The lowest BCUT2D eigenvalue weighted by atomic mass is 9.44. The van der Waals surface area contributed by atoms with Gasteiger partial charge in [0.05, 0.1) is 31.0 Å². The summed E-state index contributed by atoms with van der Waals surface area (Å²) in [5.74, 6) is 4.88. The Morgan fingerprint density at radius 2 is 1.38 bits per heavy atom. The number of aliphatic hydroxyl groups excluding tert-OH is 8. The molecule has 8 aliphatic rings. The zero-order chi connectivity index (χ0) is 37.8. The maximum Gasteiger partial charge on any atom is 0.187 e. The van der Waals surface area contributed by atoms with E-state index in [0.717, 1.165) is 18.9 Å². The van der Waals surface area contributed by atoms with E-state index in [2.05, 4.69) is 27.7 Å². The first-order chi connectivity index (χ1) is 25.2. The Kier molecular flexibility index (Phi) is 10.7. The first-order valence-corrected chi connectivity index (χ1v) is 20.7. The molecule has 3 aliphatic heterocycles. The first-order valence-electron chi connectivity index (χ1n) is 20.7. The maximum atomic E-state index is 11.7. The smallest absolute Gasteiger partial charge is 0.187 e. The minimum absolute atomic E-state index is 0.0415. The van der Waals surface area contributed by atoms with Gasteiger partial charge in [0.2, 0.25) is 0 Å². The van der Waals surface area contributed by atoms with Gasteiger partial charge in [-0.3, -0.25) is 0 Å². The summed E-state index contributed by atoms with van der Waals surface area (Å²) in [6.07, 6.45) is -5.83. The van der Waals surface area contributed by atoms with E-state index in [1.165, 1.54) is 44.9 Å². The van der Waals surface area contributed by atoms with Crippen LogP contribution in [-0.4, -0.2) is 140 Å². The van der Waals surface area contributed by atoms with Crippen LogP contribution < -0.4 is 0 Å². The van der Waals surface area contributed by atoms with Crippen LogP contribution in [0.5, 0.6) is 0 Å². The number of hydrogen-bond acceptors (Lipinski definition) is 13. The van der Waals surface area contributed by atoms with Gasteiger partial charge < -0.3 is 64.5 Å². The number of hydrogen-bond donors (Lipinski definition) is 8. The van der Waals surface area contributed by atoms with Gasteiger partial charge in [0.15, 0.2) is 12.6 Å². The van der Waals surface area contributed by atoms with Crippen LogP contribution in [0.2, 0.25) is 0 Å². The zero-order valence-corrected chi connectivity index (χ0v) is 31.9. The second kappa shape index (κ2) is 14.4. The quantitative estimate of drug-likeness (QED) is 0.179. The minimum atomic E-state index is -1.74. The fourth-order valence-electron chi connectivity index (χ4n) is 14.1. The largest absolute Gasteiger partial charge is 0.394 e. The van der Waals surface area contributed by atoms with Crippen molar-refractivity contribution in [3.8, 4) is 0 Å². The van der Waals surface area contributed by atoms with E-state index in [9.17, 15) is 40.9 Å². The molecule has 0 unspecified atom stereocenters. The lowest BCUT2D eigenvalue weighted by Gasteiger charge is -2.62. The molecule has 0 aromatic carbocycles. The molecule has 3 heterocycles. The lowest BCUT2D eigenvalue weighted by Crippen LogP contribution is -2.65. The predicted molar refractivity (Wildman–Crippen MR) is 188 cm³/mol. The van der Waals surface area contributed by atoms with Gasteiger partial charge >= 0.3 is 0 Å². The van der Waals surface area contributed by atoms with E-state index in [1.807, 2.05) is 0 Å². The van der Waals surface area contributed by atoms with Crippen LogP contribution in [0.3, 0.4) is 0 Å². The SMILES string of the molecule is C[C@@H]1CC[C@]2(C[C@H]3C[C@H]4[C@@H]5CC[C@H]6C[C@@H](O[C@H]7O[C@H](CO)[C@@H](O[C@H]8O[C@H](CO)[C@@H](O)[C@H](O)[C@H]8O)[C@H](O)[C@H]7O)[C@H](O)C[C@]6(C)[C@H]5CC[C@]4(C)[C@H]3[C@@H]2C)OC1. The molecule has 5 aliphatic carbocycles. The van der Waals surface area contributed by atoms with E-state index in [4.69, 9.17) is 23.7 Å². The molecule has 0 aromatic heterocycles. The highest BCUT2D eigenvalue weighted by atomic mass is 16.7. The molecular formula is C40H66O13. The van der Waals surface area contributed by atoms with Gasteiger partial charge in [-0.1, -0.05) is 27.7 Å². The predicted octanol–water partition coefficient (Wildman–Crippen LogP) is 1.08. The zero-order valence-electron chi connectivity index (χ0n) is 31.9. The fraction of sp³-hybridized carbons (Fsp3) is 1.00. The lowest BCUT2D eigenvalue weighted by molar-refractivity contribution is -0.366. The van der Waals surface area contributed by atoms with Crippen molar-refractivity contribution in [3.63, 3.8) is 0 Å². The van der Waals surface area contributed by atoms with Gasteiger partial charge in [-0.05, 0) is 122 Å². The molecule has 53 heavy (non-hydrogen) atoms. The van der Waals surface area contributed by atoms with Crippen LogP contribution in [-0.2, 0) is 23.7 Å². The Hall–Kier alpha value is -0.520. The van der Waals surface area contributed by atoms with Crippen LogP contribution in [0.25, 0.3) is 0 Å². The first kappa shape index (κ1) is 39.3. The summed E-state index contributed by atoms with van der Waals surface area (Å²) in [7, 11) is 0. The fourth-order valence-corrected chi connectivity index (χ4v) is 14.1. The third-order valence-corrected chi connectivity index (χ3v) is 16.9. The minimum Gasteiger partial charge on any atom is -0.394 e. The molecule has 13 heteroatoms. The van der Waals surface area contributed by atoms with Gasteiger partial charge in [-0.2, -0.15) is 0 Å². The van der Waals surface area contributed by atoms with Crippen LogP contribution in [0.1, 0.15) is 91.9 Å². The van der Waals surface area contributed by atoms with Gasteiger partial charge in [0, 0.05) is 6.61 Å². The molecule has 13 nitrogen and oxygen atoms in total. The molecule has 3 saturated heterocycles. The van der Waals surface area contributed by atoms with Gasteiger partial charge in [0.25, 0.3) is 0 Å². The van der Waals surface area contributed by atoms with Crippen LogP contribution in [0.15, 0.2) is 0 Å². The van der Waals surface area contributed by atoms with Gasteiger partial charge in [-0.25, -0.2) is 0 Å². The molecule has 5 saturated carbocycles. The summed E-state index contributed by atoms with van der Waals surface area (Å²) in [4.78, 5) is 0. The van der Waals surface area contributed by atoms with Crippen LogP contribution in [0.4, 0.5) is 0 Å². The molecule has 23 atom stereocenters. The van der Waals surface area contributed by atoms with E-state index in [-0.39, 0.29) is 11.0 Å². The monoisotopic (exact) mass is 754 g/mol. The summed E-state index contributed by atoms with van der Waals surface area (Å²) in [5.41, 5.74) is 0.353. The van der Waals surface area contributed by atoms with Crippen LogP contribution >= 0.6 is 0 Å². The number of fused-ring (bicyclic) bond motifs is 7. The molecule has 0 aromatic rings. The molecule has 0 amide bonds. The van der Waals surface area contributed by atoms with Crippen molar-refractivity contribution in [2.45, 2.75) is 171 Å². The van der Waals surface area contributed by atoms with Crippen molar-refractivity contribution in [1.29, 1.82) is 0 Å². The Morgan fingerprint density at radius 3 is 2.08 bits per heavy atom. The van der Waals surface area contributed by atoms with Gasteiger partial charge in [0.1, 0.15) is 48.8 Å². The average molecular weight is 755 g/mol. The number of rotatable bonds is 6. The molecule has 8 fully saturated rings. The molecular weight excluding hydrogens is 688 g/mol. The highest BCUT2D eigenvalue weighted by molar-refractivity contribution is 5.17. The Bertz CT molecular complexity index is 1290. The highest BCUT2D eigenvalue weighted by Crippen LogP contribution is 2.73. The van der Waals surface area contributed by atoms with E-state index >= 15 is 0 Å². The standard InChI is InChI=1S/C40H66O13/c1-18-7-10-40(49-17-18)13-20-11-24-22-6-5-21-12-26(25(43)14-39(21,4)23(22)8-9-38(24,3)29(20)19(40)2)50-36-34(48)32(46)35(28(16-42)52-36)53-37-33(47)31(45)30(44)27(15-41)51-37/h18-37,41-48H,5-17H2,1-4H3/t18-,19+,20-,21+,22-,23+,24+,25-,26-,27-,28-,29+,30-,31+,32-,33-,34-,35-,36+,37-,38+,39+,40-/m1/s1. The molecule has 0 radical (unpaired) electrons. The maximum absolute atomic E-state index is 11.7. The number of ether oxygens (including phenoxy) is 5. The Morgan fingerprint density at radius 1 is 0.679 bits per heavy atom. The molecule has 304 valence electrons. The molecule has 0 bridgehead atoms. The molecule has 1 spiro atoms. The van der Waals surface area contributed by atoms with Crippen molar-refractivity contribution >= 4 is 0 Å². The van der Waals surface area contributed by atoms with Crippen molar-refractivity contribution < 1.29 is 64.5 Å². The van der Waals surface area contributed by atoms with Crippen molar-refractivity contribution in [2.75, 3.05) is 19.8 Å². The van der Waals surface area contributed by atoms with Gasteiger partial charge in [-0.15, -0.1) is 0 Å². The van der Waals surface area contributed by atoms with E-state index in [1.54, 1.807) is 0 Å². The summed E-state index contributed by atoms with van der Waals surface area (Å²) in [6, 6.07) is 0. The van der Waals surface area contributed by atoms with Crippen molar-refractivity contribution in [3.05, 3.63) is 0 Å². The normalized spacial score (nSPS) is 59.5. The summed E-state index contributed by atoms with van der Waals surface area (Å²) >= 11 is 0. The highest BCUT2D eigenvalue weighted by Gasteiger charge is 2.68. The Balaban J connectivity index is 0.912. The third-order valence-electron chi connectivity index (χ3n) is 16.9. The molecule has 8 rings (SSSR count). The third kappa shape index (κ3) is 6.21. The molecule has 8 N–H and O–H groups in total. The second-order valence-corrected chi connectivity index (χ2v) is 19.4. The van der Waals surface area contributed by atoms with E-state index < -0.39 is 86.8 Å². The summed E-state index contributed by atoms with van der Waals surface area (Å²) in [5, 5.41) is 84.6.